The van der Waals surface area contributed by atoms with Crippen LogP contribution in [0.25, 0.3) is 0 Å². The summed E-state index contributed by atoms with van der Waals surface area (Å²) in [4.78, 5) is 48.2. The SMILES string of the molecule is C=CC1=C(C(=O)O)N2C(=O)C(NC(=O)C(=NOCc3cccc[n+]3C)c3csc(N)n3)[C@H]2SC1. The van der Waals surface area contributed by atoms with Crippen molar-refractivity contribution in [2.75, 3.05) is 11.5 Å². The van der Waals surface area contributed by atoms with Gasteiger partial charge in [0.1, 0.15) is 29.9 Å². The first-order chi connectivity index (χ1) is 16.3. The number of oxime groups is 1. The average molecular weight is 502 g/mol. The van der Waals surface area contributed by atoms with E-state index in [0.29, 0.717) is 11.3 Å². The smallest absolute Gasteiger partial charge is 0.352 e. The minimum Gasteiger partial charge on any atom is -0.477 e. The molecular formula is C21H21N6O5S2+. The molecule has 4 N–H and O–H groups in total. The molecule has 2 aromatic rings. The molecule has 34 heavy (non-hydrogen) atoms. The number of carboxylic acids is 1. The molecule has 0 saturated carbocycles. The number of carbonyl (C=O) groups is 3. The fraction of sp³-hybridized carbons (Fsp3) is 0.238. The van der Waals surface area contributed by atoms with Gasteiger partial charge in [-0.2, -0.15) is 0 Å². The topological polar surface area (TPSA) is 151 Å². The number of nitrogens with zero attached hydrogens (tertiary/aromatic N) is 4. The van der Waals surface area contributed by atoms with Crippen molar-refractivity contribution in [2.45, 2.75) is 18.0 Å². The Balaban J connectivity index is 1.52. The number of carbonyl (C=O) groups excluding carboxylic acids is 2. The maximum atomic E-state index is 13.1. The molecule has 0 aromatic carbocycles. The molecule has 1 saturated heterocycles. The van der Waals surface area contributed by atoms with Crippen LogP contribution in [0.15, 0.2) is 58.9 Å². The number of thiazole rings is 1. The van der Waals surface area contributed by atoms with Crippen molar-refractivity contribution < 1.29 is 28.9 Å². The average Bonchev–Trinajstić information content (AvgIpc) is 3.25. The summed E-state index contributed by atoms with van der Waals surface area (Å²) >= 11 is 2.47. The fourth-order valence-electron chi connectivity index (χ4n) is 3.48. The van der Waals surface area contributed by atoms with Crippen LogP contribution in [0.2, 0.25) is 0 Å². The van der Waals surface area contributed by atoms with Gasteiger partial charge in [-0.15, -0.1) is 23.1 Å². The summed E-state index contributed by atoms with van der Waals surface area (Å²) in [7, 11) is 1.85. The summed E-state index contributed by atoms with van der Waals surface area (Å²) in [5, 5.41) is 17.4. The number of aryl methyl sites for hydroxylation is 1. The van der Waals surface area contributed by atoms with Crippen LogP contribution in [0.4, 0.5) is 5.13 Å². The first kappa shape index (κ1) is 23.4. The van der Waals surface area contributed by atoms with Crippen molar-refractivity contribution in [3.63, 3.8) is 0 Å². The number of nitrogen functional groups attached to an aromatic ring is 1. The highest BCUT2D eigenvalue weighted by Gasteiger charge is 2.54. The van der Waals surface area contributed by atoms with Crippen LogP contribution in [0, 0.1) is 0 Å². The minimum atomic E-state index is -1.22. The Morgan fingerprint density at radius 3 is 2.94 bits per heavy atom. The molecule has 2 aromatic heterocycles. The first-order valence-electron chi connectivity index (χ1n) is 10.0. The van der Waals surface area contributed by atoms with Gasteiger partial charge < -0.3 is 21.0 Å². The number of amides is 2. The van der Waals surface area contributed by atoms with Gasteiger partial charge in [-0.25, -0.2) is 14.3 Å². The highest BCUT2D eigenvalue weighted by molar-refractivity contribution is 8.00. The van der Waals surface area contributed by atoms with E-state index in [2.05, 4.69) is 22.0 Å². The molecule has 1 fully saturated rings. The van der Waals surface area contributed by atoms with E-state index in [0.717, 1.165) is 17.0 Å². The summed E-state index contributed by atoms with van der Waals surface area (Å²) < 4.78 is 1.85. The van der Waals surface area contributed by atoms with Crippen LogP contribution in [0.1, 0.15) is 11.4 Å². The van der Waals surface area contributed by atoms with Gasteiger partial charge in [0, 0.05) is 23.3 Å². The van der Waals surface area contributed by atoms with Crippen molar-refractivity contribution in [2.24, 2.45) is 12.2 Å². The number of pyridine rings is 1. The predicted molar refractivity (Wildman–Crippen MR) is 125 cm³/mol. The summed E-state index contributed by atoms with van der Waals surface area (Å²) in [6.45, 7) is 3.71. The van der Waals surface area contributed by atoms with E-state index in [4.69, 9.17) is 10.6 Å². The third-order valence-corrected chi connectivity index (χ3v) is 7.22. The zero-order valence-electron chi connectivity index (χ0n) is 18.0. The van der Waals surface area contributed by atoms with Crippen molar-refractivity contribution in [1.29, 1.82) is 0 Å². The van der Waals surface area contributed by atoms with Crippen molar-refractivity contribution in [1.82, 2.24) is 15.2 Å². The van der Waals surface area contributed by atoms with Gasteiger partial charge in [0.2, 0.25) is 12.3 Å². The summed E-state index contributed by atoms with van der Waals surface area (Å²) in [5.41, 5.74) is 6.94. The number of hydrogen-bond acceptors (Lipinski definition) is 9. The molecule has 2 aliphatic rings. The van der Waals surface area contributed by atoms with E-state index < -0.39 is 29.2 Å². The van der Waals surface area contributed by atoms with Crippen LogP contribution in [-0.2, 0) is 32.9 Å². The number of nitrogens with one attached hydrogen (secondary N) is 1. The fourth-order valence-corrected chi connectivity index (χ4v) is 5.37. The van der Waals surface area contributed by atoms with Gasteiger partial charge in [-0.05, 0) is 11.6 Å². The Hall–Kier alpha value is -3.71. The van der Waals surface area contributed by atoms with E-state index in [-0.39, 0.29) is 28.8 Å². The lowest BCUT2D eigenvalue weighted by molar-refractivity contribution is -0.681. The number of hydrogen-bond donors (Lipinski definition) is 3. The number of β-lactam (4-membered cyclic amide) rings is 1. The highest BCUT2D eigenvalue weighted by Crippen LogP contribution is 2.40. The molecule has 0 radical (unpaired) electrons. The van der Waals surface area contributed by atoms with Gasteiger partial charge in [0.15, 0.2) is 17.0 Å². The summed E-state index contributed by atoms with van der Waals surface area (Å²) in [5.74, 6) is -2.08. The van der Waals surface area contributed by atoms with Crippen LogP contribution in [0.3, 0.4) is 0 Å². The molecule has 0 spiro atoms. The third kappa shape index (κ3) is 4.39. The Labute approximate surface area is 202 Å². The summed E-state index contributed by atoms with van der Waals surface area (Å²) in [6.07, 6.45) is 3.28. The molecule has 0 aliphatic carbocycles. The summed E-state index contributed by atoms with van der Waals surface area (Å²) in [6, 6.07) is 4.65. The van der Waals surface area contributed by atoms with Gasteiger partial charge in [0.25, 0.3) is 11.8 Å². The molecule has 1 unspecified atom stereocenters. The monoisotopic (exact) mass is 501 g/mol. The highest BCUT2D eigenvalue weighted by atomic mass is 32.2. The number of rotatable bonds is 8. The van der Waals surface area contributed by atoms with Crippen molar-refractivity contribution >= 4 is 51.7 Å². The lowest BCUT2D eigenvalue weighted by atomic mass is 10.0. The normalized spacial score (nSPS) is 19.9. The Morgan fingerprint density at radius 1 is 1.50 bits per heavy atom. The molecule has 4 rings (SSSR count). The predicted octanol–water partition coefficient (Wildman–Crippen LogP) is 0.395. The Kier molecular flexibility index (Phi) is 6.65. The molecule has 2 atom stereocenters. The van der Waals surface area contributed by atoms with E-state index >= 15 is 0 Å². The van der Waals surface area contributed by atoms with Crippen LogP contribution < -0.4 is 15.6 Å². The number of allylic oxidation sites excluding steroid dienone is 1. The zero-order chi connectivity index (χ0) is 24.4. The lowest BCUT2D eigenvalue weighted by Crippen LogP contribution is -2.71. The molecule has 13 heteroatoms. The minimum absolute atomic E-state index is 0.0967. The second-order valence-corrected chi connectivity index (χ2v) is 9.33. The van der Waals surface area contributed by atoms with Crippen LogP contribution in [-0.4, -0.2) is 55.7 Å². The molecule has 2 aliphatic heterocycles. The van der Waals surface area contributed by atoms with E-state index in [1.54, 1.807) is 5.38 Å². The second kappa shape index (κ2) is 9.65. The number of fused-ring (bicyclic) bond motifs is 1. The van der Waals surface area contributed by atoms with Gasteiger partial charge >= 0.3 is 5.97 Å². The Bertz CT molecular complexity index is 1240. The second-order valence-electron chi connectivity index (χ2n) is 7.33. The van der Waals surface area contributed by atoms with Crippen molar-refractivity contribution in [3.05, 3.63) is 65.1 Å². The maximum absolute atomic E-state index is 13.1. The first-order valence-corrected chi connectivity index (χ1v) is 11.9. The van der Waals surface area contributed by atoms with Gasteiger partial charge in [-0.3, -0.25) is 14.5 Å². The number of aromatic nitrogens is 2. The molecule has 4 heterocycles. The lowest BCUT2D eigenvalue weighted by Gasteiger charge is -2.49. The van der Waals surface area contributed by atoms with E-state index in [9.17, 15) is 19.5 Å². The number of aliphatic carboxylic acids is 1. The van der Waals surface area contributed by atoms with E-state index in [1.807, 2.05) is 36.0 Å². The quantitative estimate of drug-likeness (QED) is 0.203. The van der Waals surface area contributed by atoms with Gasteiger partial charge in [0.05, 0.1) is 0 Å². The van der Waals surface area contributed by atoms with E-state index in [1.165, 1.54) is 22.7 Å². The molecule has 0 bridgehead atoms. The largest absolute Gasteiger partial charge is 0.477 e. The molecule has 11 nitrogen and oxygen atoms in total. The standard InChI is InChI=1S/C21H20N6O5S2/c1-3-11-9-33-19-15(18(29)27(19)16(11)20(30)31)24-17(28)14(13-10-34-21(22)23-13)25-32-8-12-6-4-5-7-26(12)2/h3-7,10,15,19H,1,8-9H2,2H3,(H3-,22,23,24,28,30,31)/p+1/t15?,19-/m1/s1. The Morgan fingerprint density at radius 2 is 2.29 bits per heavy atom. The van der Waals surface area contributed by atoms with Crippen LogP contribution >= 0.6 is 23.1 Å². The molecule has 176 valence electrons. The number of anilines is 1. The molecular weight excluding hydrogens is 480 g/mol. The molecule has 2 amide bonds. The third-order valence-electron chi connectivity index (χ3n) is 5.24. The number of carboxylic acid groups (broad SMARTS) is 1. The maximum Gasteiger partial charge on any atom is 0.352 e. The van der Waals surface area contributed by atoms with Crippen LogP contribution in [0.5, 0.6) is 0 Å². The number of nitrogens with two attached hydrogens (primary N) is 1. The number of thioether (sulfide) groups is 1. The van der Waals surface area contributed by atoms with Gasteiger partial charge in [-0.1, -0.05) is 17.8 Å². The zero-order valence-corrected chi connectivity index (χ0v) is 19.6. The van der Waals surface area contributed by atoms with Crippen molar-refractivity contribution in [3.8, 4) is 0 Å².